The summed E-state index contributed by atoms with van der Waals surface area (Å²) in [4.78, 5) is 22.4. The van der Waals surface area contributed by atoms with Gasteiger partial charge in [0.2, 0.25) is 0 Å². The van der Waals surface area contributed by atoms with Crippen molar-refractivity contribution in [2.24, 2.45) is 11.7 Å². The van der Waals surface area contributed by atoms with Crippen molar-refractivity contribution in [2.45, 2.75) is 32.6 Å². The number of carbonyl (C=O) groups excluding carboxylic acids is 1. The summed E-state index contributed by atoms with van der Waals surface area (Å²) in [5, 5.41) is 8.55. The first-order valence-corrected chi connectivity index (χ1v) is 8.71. The number of hydrogen-bond donors (Lipinski definition) is 2. The van der Waals surface area contributed by atoms with Crippen molar-refractivity contribution >= 4 is 17.3 Å². The van der Waals surface area contributed by atoms with E-state index < -0.39 is 29.1 Å². The summed E-state index contributed by atoms with van der Waals surface area (Å²) in [6.07, 6.45) is 2.15. The van der Waals surface area contributed by atoms with E-state index in [1.165, 1.54) is 6.92 Å². The van der Waals surface area contributed by atoms with E-state index >= 15 is 0 Å². The highest BCUT2D eigenvalue weighted by atomic mass is 19.1. The molecule has 1 aromatic rings. The molecule has 0 aliphatic heterocycles. The molecule has 1 aliphatic carbocycles. The third kappa shape index (κ3) is 6.32. The molecule has 0 atom stereocenters. The van der Waals surface area contributed by atoms with Crippen LogP contribution in [0, 0.1) is 17.6 Å². The molecule has 0 heterocycles. The van der Waals surface area contributed by atoms with Crippen molar-refractivity contribution in [3.05, 3.63) is 35.0 Å². The molecule has 8 heteroatoms. The summed E-state index contributed by atoms with van der Waals surface area (Å²) >= 11 is 0. The number of aliphatic carboxylic acids is 1. The number of rotatable bonds is 11. The fourth-order valence-electron chi connectivity index (χ4n) is 2.55. The summed E-state index contributed by atoms with van der Waals surface area (Å²) in [7, 11) is 0. The van der Waals surface area contributed by atoms with Crippen LogP contribution in [0.2, 0.25) is 0 Å². The molecular formula is C19H23F2NO5. The SMILES string of the molecule is CC(=O)C(=C(N)COCC1CC1)c1cc(F)c(OCCCC(=O)O)c(F)c1. The van der Waals surface area contributed by atoms with Gasteiger partial charge in [0.15, 0.2) is 23.2 Å². The molecule has 3 N–H and O–H groups in total. The number of carbonyl (C=O) groups is 2. The van der Waals surface area contributed by atoms with Crippen LogP contribution in [0.25, 0.3) is 5.57 Å². The molecule has 2 rings (SSSR count). The zero-order chi connectivity index (χ0) is 20.0. The Kier molecular flexibility index (Phi) is 7.29. The zero-order valence-corrected chi connectivity index (χ0v) is 15.1. The molecule has 1 aliphatic rings. The first-order valence-electron chi connectivity index (χ1n) is 8.71. The average Bonchev–Trinajstić information content (AvgIpc) is 3.37. The maximum Gasteiger partial charge on any atom is 0.303 e. The van der Waals surface area contributed by atoms with Gasteiger partial charge >= 0.3 is 5.97 Å². The molecule has 1 fully saturated rings. The van der Waals surface area contributed by atoms with Crippen LogP contribution in [0.5, 0.6) is 5.75 Å². The van der Waals surface area contributed by atoms with E-state index in [4.69, 9.17) is 20.3 Å². The van der Waals surface area contributed by atoms with E-state index in [2.05, 4.69) is 0 Å². The standard InChI is InChI=1S/C19H23F2NO5/c1-11(23)18(16(22)10-26-9-12-4-5-12)13-7-14(20)19(15(21)8-13)27-6-2-3-17(24)25/h7-8,12H,2-6,9-10,22H2,1H3,(H,24,25). The lowest BCUT2D eigenvalue weighted by Crippen LogP contribution is -2.15. The highest BCUT2D eigenvalue weighted by Gasteiger charge is 2.22. The molecule has 0 radical (unpaired) electrons. The predicted molar refractivity (Wildman–Crippen MR) is 94.1 cm³/mol. The third-order valence-corrected chi connectivity index (χ3v) is 4.05. The summed E-state index contributed by atoms with van der Waals surface area (Å²) < 4.78 is 39.0. The van der Waals surface area contributed by atoms with Gasteiger partial charge in [-0.3, -0.25) is 9.59 Å². The smallest absolute Gasteiger partial charge is 0.303 e. The van der Waals surface area contributed by atoms with E-state index in [0.717, 1.165) is 25.0 Å². The van der Waals surface area contributed by atoms with Gasteiger partial charge in [-0.2, -0.15) is 0 Å². The monoisotopic (exact) mass is 383 g/mol. The molecule has 0 bridgehead atoms. The van der Waals surface area contributed by atoms with Crippen LogP contribution in [-0.4, -0.2) is 36.7 Å². The number of nitrogens with two attached hydrogens (primary N) is 1. The minimum atomic E-state index is -1.02. The van der Waals surface area contributed by atoms with Crippen molar-refractivity contribution in [3.8, 4) is 5.75 Å². The van der Waals surface area contributed by atoms with Crippen LogP contribution >= 0.6 is 0 Å². The quantitative estimate of drug-likeness (QED) is 0.450. The van der Waals surface area contributed by atoms with Crippen LogP contribution in [0.3, 0.4) is 0 Å². The van der Waals surface area contributed by atoms with Crippen molar-refractivity contribution in [3.63, 3.8) is 0 Å². The number of carboxylic acids is 1. The number of allylic oxidation sites excluding steroid dienone is 1. The average molecular weight is 383 g/mol. The molecule has 0 spiro atoms. The lowest BCUT2D eigenvalue weighted by atomic mass is 10.00. The number of hydrogen-bond acceptors (Lipinski definition) is 5. The van der Waals surface area contributed by atoms with Gasteiger partial charge in [0, 0.05) is 24.3 Å². The van der Waals surface area contributed by atoms with Gasteiger partial charge in [-0.05, 0) is 49.8 Å². The first kappa shape index (κ1) is 20.8. The summed E-state index contributed by atoms with van der Waals surface area (Å²) in [6, 6.07) is 1.94. The lowest BCUT2D eigenvalue weighted by molar-refractivity contribution is -0.137. The summed E-state index contributed by atoms with van der Waals surface area (Å²) in [5.74, 6) is -3.54. The number of benzene rings is 1. The van der Waals surface area contributed by atoms with Gasteiger partial charge in [-0.25, -0.2) is 8.78 Å². The maximum atomic E-state index is 14.3. The largest absolute Gasteiger partial charge is 0.488 e. The van der Waals surface area contributed by atoms with Gasteiger partial charge in [-0.15, -0.1) is 0 Å². The number of carboxylic acid groups (broad SMARTS) is 1. The van der Waals surface area contributed by atoms with Crippen LogP contribution in [0.4, 0.5) is 8.78 Å². The Bertz CT molecular complexity index is 721. The van der Waals surface area contributed by atoms with Crippen LogP contribution in [0.1, 0.15) is 38.2 Å². The van der Waals surface area contributed by atoms with E-state index in [1.807, 2.05) is 0 Å². The Balaban J connectivity index is 2.13. The fraction of sp³-hybridized carbons (Fsp3) is 0.474. The Morgan fingerprint density at radius 3 is 2.41 bits per heavy atom. The molecule has 0 aromatic heterocycles. The minimum Gasteiger partial charge on any atom is -0.488 e. The number of Topliss-reactive ketones (excluding diaryl/α,β-unsaturated/α-hetero) is 1. The van der Waals surface area contributed by atoms with E-state index in [9.17, 15) is 18.4 Å². The van der Waals surface area contributed by atoms with Gasteiger partial charge in [0.05, 0.1) is 13.2 Å². The van der Waals surface area contributed by atoms with Crippen molar-refractivity contribution in [1.29, 1.82) is 0 Å². The second-order valence-electron chi connectivity index (χ2n) is 6.53. The van der Waals surface area contributed by atoms with Crippen molar-refractivity contribution in [1.82, 2.24) is 0 Å². The lowest BCUT2D eigenvalue weighted by Gasteiger charge is -2.13. The number of ketones is 1. The minimum absolute atomic E-state index is 0.000948. The van der Waals surface area contributed by atoms with Crippen LogP contribution in [-0.2, 0) is 14.3 Å². The van der Waals surface area contributed by atoms with Gasteiger partial charge in [0.1, 0.15) is 0 Å². The third-order valence-electron chi connectivity index (χ3n) is 4.05. The highest BCUT2D eigenvalue weighted by Crippen LogP contribution is 2.30. The Morgan fingerprint density at radius 1 is 1.26 bits per heavy atom. The van der Waals surface area contributed by atoms with Crippen molar-refractivity contribution < 1.29 is 33.0 Å². The molecule has 0 unspecified atom stereocenters. The predicted octanol–water partition coefficient (Wildman–Crippen LogP) is 2.89. The topological polar surface area (TPSA) is 98.9 Å². The molecular weight excluding hydrogens is 360 g/mol. The Morgan fingerprint density at radius 2 is 1.89 bits per heavy atom. The highest BCUT2D eigenvalue weighted by molar-refractivity contribution is 6.20. The van der Waals surface area contributed by atoms with E-state index in [0.29, 0.717) is 12.5 Å². The second-order valence-corrected chi connectivity index (χ2v) is 6.53. The van der Waals surface area contributed by atoms with Crippen LogP contribution < -0.4 is 10.5 Å². The first-order chi connectivity index (χ1) is 12.8. The molecule has 27 heavy (non-hydrogen) atoms. The fourth-order valence-corrected chi connectivity index (χ4v) is 2.55. The van der Waals surface area contributed by atoms with Gasteiger partial charge in [-0.1, -0.05) is 0 Å². The molecule has 0 saturated heterocycles. The molecule has 6 nitrogen and oxygen atoms in total. The summed E-state index contributed by atoms with van der Waals surface area (Å²) in [6.45, 7) is 1.65. The molecule has 1 aromatic carbocycles. The van der Waals surface area contributed by atoms with Gasteiger partial charge < -0.3 is 20.3 Å². The molecule has 148 valence electrons. The second kappa shape index (κ2) is 9.45. The van der Waals surface area contributed by atoms with Crippen LogP contribution in [0.15, 0.2) is 17.8 Å². The normalized spacial score (nSPS) is 14.6. The molecule has 0 amide bonds. The summed E-state index contributed by atoms with van der Waals surface area (Å²) in [5.41, 5.74) is 6.04. The van der Waals surface area contributed by atoms with E-state index in [-0.39, 0.29) is 42.9 Å². The van der Waals surface area contributed by atoms with Gasteiger partial charge in [0.25, 0.3) is 0 Å². The van der Waals surface area contributed by atoms with E-state index in [1.54, 1.807) is 0 Å². The number of ether oxygens (including phenoxy) is 2. The van der Waals surface area contributed by atoms with Crippen molar-refractivity contribution in [2.75, 3.05) is 19.8 Å². The molecule has 1 saturated carbocycles. The Labute approximate surface area is 155 Å². The number of halogens is 2. The zero-order valence-electron chi connectivity index (χ0n) is 15.1. The maximum absolute atomic E-state index is 14.3. The Hall–Kier alpha value is -2.48.